The Bertz CT molecular complexity index is 829. The minimum atomic E-state index is -0.368. The van der Waals surface area contributed by atoms with Crippen LogP contribution in [-0.4, -0.2) is 16.1 Å². The maximum Gasteiger partial charge on any atom is 0.308 e. The number of esters is 1. The first kappa shape index (κ1) is 15.7. The van der Waals surface area contributed by atoms with Gasteiger partial charge in [0.2, 0.25) is 0 Å². The Kier molecular flexibility index (Phi) is 4.57. The van der Waals surface area contributed by atoms with Crippen molar-refractivity contribution >= 4 is 5.97 Å². The van der Waals surface area contributed by atoms with Gasteiger partial charge in [-0.05, 0) is 35.9 Å². The highest BCUT2D eigenvalue weighted by atomic mass is 16.5. The quantitative estimate of drug-likeness (QED) is 0.585. The normalized spacial score (nSPS) is 11.7. The summed E-state index contributed by atoms with van der Waals surface area (Å²) in [6.45, 7) is 1.38. The Morgan fingerprint density at radius 1 is 1.00 bits per heavy atom. The lowest BCUT2D eigenvalue weighted by Gasteiger charge is -2.20. The van der Waals surface area contributed by atoms with Crippen molar-refractivity contribution in [1.29, 1.82) is 0 Å². The van der Waals surface area contributed by atoms with Crippen molar-refractivity contribution in [2.45, 2.75) is 12.8 Å². The van der Waals surface area contributed by atoms with E-state index in [0.29, 0.717) is 5.75 Å². The number of rotatable bonds is 4. The van der Waals surface area contributed by atoms with Crippen LogP contribution in [-0.2, 0) is 4.79 Å². The highest BCUT2D eigenvalue weighted by Crippen LogP contribution is 2.36. The Balaban J connectivity index is 2.16. The van der Waals surface area contributed by atoms with Gasteiger partial charge in [-0.3, -0.25) is 9.78 Å². The first-order valence-corrected chi connectivity index (χ1v) is 7.62. The molecule has 4 nitrogen and oxygen atoms in total. The summed E-state index contributed by atoms with van der Waals surface area (Å²) in [4.78, 5) is 15.9. The fraction of sp³-hybridized carbons (Fsp3) is 0.100. The van der Waals surface area contributed by atoms with E-state index < -0.39 is 0 Å². The number of pyridine rings is 1. The number of phenolic OH excluding ortho intramolecular Hbond substituents is 1. The Morgan fingerprint density at radius 3 is 2.38 bits per heavy atom. The molecule has 120 valence electrons. The summed E-state index contributed by atoms with van der Waals surface area (Å²) in [6.07, 6.45) is 1.73. The molecule has 1 unspecified atom stereocenters. The van der Waals surface area contributed by atoms with E-state index in [1.807, 2.05) is 48.5 Å². The molecule has 1 atom stereocenters. The third kappa shape index (κ3) is 3.43. The molecule has 1 aromatic heterocycles. The fourth-order valence-corrected chi connectivity index (χ4v) is 2.69. The van der Waals surface area contributed by atoms with Crippen LogP contribution in [0, 0.1) is 0 Å². The molecule has 0 saturated heterocycles. The summed E-state index contributed by atoms with van der Waals surface area (Å²) < 4.78 is 5.38. The van der Waals surface area contributed by atoms with E-state index in [1.54, 1.807) is 24.4 Å². The van der Waals surface area contributed by atoms with E-state index in [4.69, 9.17) is 4.74 Å². The van der Waals surface area contributed by atoms with E-state index in [1.165, 1.54) is 6.92 Å². The van der Waals surface area contributed by atoms with Gasteiger partial charge in [-0.25, -0.2) is 0 Å². The van der Waals surface area contributed by atoms with E-state index in [2.05, 4.69) is 4.98 Å². The molecule has 3 aromatic rings. The van der Waals surface area contributed by atoms with Crippen LogP contribution in [0.2, 0.25) is 0 Å². The van der Waals surface area contributed by atoms with Crippen LogP contribution in [0.1, 0.15) is 29.7 Å². The van der Waals surface area contributed by atoms with Crippen LogP contribution in [0.5, 0.6) is 11.5 Å². The molecule has 24 heavy (non-hydrogen) atoms. The second-order valence-corrected chi connectivity index (χ2v) is 5.41. The van der Waals surface area contributed by atoms with Gasteiger partial charge < -0.3 is 9.84 Å². The molecule has 1 heterocycles. The lowest BCUT2D eigenvalue weighted by atomic mass is 9.87. The van der Waals surface area contributed by atoms with E-state index in [-0.39, 0.29) is 17.6 Å². The summed E-state index contributed by atoms with van der Waals surface area (Å²) in [7, 11) is 0. The first-order chi connectivity index (χ1) is 11.6. The van der Waals surface area contributed by atoms with Crippen molar-refractivity contribution in [3.05, 3.63) is 89.7 Å². The average molecular weight is 319 g/mol. The molecule has 0 spiro atoms. The summed E-state index contributed by atoms with van der Waals surface area (Å²) in [5, 5.41) is 9.57. The number of phenols is 1. The van der Waals surface area contributed by atoms with Crippen LogP contribution < -0.4 is 4.74 Å². The van der Waals surface area contributed by atoms with Crippen molar-refractivity contribution in [3.63, 3.8) is 0 Å². The van der Waals surface area contributed by atoms with E-state index >= 15 is 0 Å². The molecule has 0 bridgehead atoms. The molecule has 0 fully saturated rings. The number of hydrogen-bond donors (Lipinski definition) is 1. The minimum Gasteiger partial charge on any atom is -0.508 e. The third-order valence-corrected chi connectivity index (χ3v) is 3.69. The SMILES string of the molecule is CC(=O)Oc1ccccc1C(c1ccc(O)cc1)c1ccccn1. The van der Waals surface area contributed by atoms with Gasteiger partial charge in [0.05, 0.1) is 11.6 Å². The van der Waals surface area contributed by atoms with Crippen molar-refractivity contribution < 1.29 is 14.6 Å². The second kappa shape index (κ2) is 6.96. The Morgan fingerprint density at radius 2 is 1.71 bits per heavy atom. The molecule has 3 rings (SSSR count). The zero-order chi connectivity index (χ0) is 16.9. The van der Waals surface area contributed by atoms with Gasteiger partial charge in [-0.2, -0.15) is 0 Å². The lowest BCUT2D eigenvalue weighted by molar-refractivity contribution is -0.131. The smallest absolute Gasteiger partial charge is 0.308 e. The standard InChI is InChI=1S/C20H17NO3/c1-14(22)24-19-8-3-2-6-17(19)20(18-7-4-5-13-21-18)15-9-11-16(23)12-10-15/h2-13,20,23H,1H3. The second-order valence-electron chi connectivity index (χ2n) is 5.41. The lowest BCUT2D eigenvalue weighted by Crippen LogP contribution is -2.10. The molecule has 0 radical (unpaired) electrons. The molecule has 0 aliphatic heterocycles. The van der Waals surface area contributed by atoms with E-state index in [9.17, 15) is 9.90 Å². The van der Waals surface area contributed by atoms with Crippen molar-refractivity contribution in [2.24, 2.45) is 0 Å². The van der Waals surface area contributed by atoms with Crippen LogP contribution in [0.3, 0.4) is 0 Å². The number of hydrogen-bond acceptors (Lipinski definition) is 4. The number of para-hydroxylation sites is 1. The summed E-state index contributed by atoms with van der Waals surface area (Å²) in [5.74, 6) is 0.135. The van der Waals surface area contributed by atoms with Gasteiger partial charge in [0.25, 0.3) is 0 Å². The fourth-order valence-electron chi connectivity index (χ4n) is 2.69. The number of aromatic hydroxyl groups is 1. The third-order valence-electron chi connectivity index (χ3n) is 3.69. The number of carbonyl (C=O) groups excluding carboxylic acids is 1. The van der Waals surface area contributed by atoms with Crippen molar-refractivity contribution in [1.82, 2.24) is 4.98 Å². The van der Waals surface area contributed by atoms with Gasteiger partial charge in [0.1, 0.15) is 11.5 Å². The van der Waals surface area contributed by atoms with E-state index in [0.717, 1.165) is 16.8 Å². The molecule has 0 aliphatic carbocycles. The minimum absolute atomic E-state index is 0.201. The first-order valence-electron chi connectivity index (χ1n) is 7.62. The zero-order valence-corrected chi connectivity index (χ0v) is 13.2. The molecule has 0 aliphatic rings. The van der Waals surface area contributed by atoms with Gasteiger partial charge in [-0.1, -0.05) is 36.4 Å². The molecular weight excluding hydrogens is 302 g/mol. The molecule has 2 aromatic carbocycles. The number of ether oxygens (including phenoxy) is 1. The predicted octanol–water partition coefficient (Wildman–Crippen LogP) is 3.89. The number of aromatic nitrogens is 1. The number of nitrogens with zero attached hydrogens (tertiary/aromatic N) is 1. The van der Waals surface area contributed by atoms with Crippen LogP contribution in [0.15, 0.2) is 72.9 Å². The zero-order valence-electron chi connectivity index (χ0n) is 13.2. The summed E-state index contributed by atoms with van der Waals surface area (Å²) in [6, 6.07) is 20.1. The molecule has 1 N–H and O–H groups in total. The van der Waals surface area contributed by atoms with Crippen molar-refractivity contribution in [3.8, 4) is 11.5 Å². The van der Waals surface area contributed by atoms with Gasteiger partial charge in [-0.15, -0.1) is 0 Å². The largest absolute Gasteiger partial charge is 0.508 e. The molecule has 0 amide bonds. The number of carbonyl (C=O) groups is 1. The Labute approximate surface area is 140 Å². The van der Waals surface area contributed by atoms with Crippen LogP contribution in [0.4, 0.5) is 0 Å². The monoisotopic (exact) mass is 319 g/mol. The van der Waals surface area contributed by atoms with Crippen LogP contribution in [0.25, 0.3) is 0 Å². The van der Waals surface area contributed by atoms with Gasteiger partial charge in [0.15, 0.2) is 0 Å². The van der Waals surface area contributed by atoms with Crippen molar-refractivity contribution in [2.75, 3.05) is 0 Å². The summed E-state index contributed by atoms with van der Waals surface area (Å²) in [5.41, 5.74) is 2.63. The highest BCUT2D eigenvalue weighted by Gasteiger charge is 2.22. The summed E-state index contributed by atoms with van der Waals surface area (Å²) >= 11 is 0. The number of benzene rings is 2. The predicted molar refractivity (Wildman–Crippen MR) is 91.0 cm³/mol. The molecular formula is C20H17NO3. The Hall–Kier alpha value is -3.14. The molecule has 4 heteroatoms. The average Bonchev–Trinajstić information content (AvgIpc) is 2.59. The maximum absolute atomic E-state index is 11.4. The molecule has 0 saturated carbocycles. The van der Waals surface area contributed by atoms with Crippen LogP contribution >= 0.6 is 0 Å². The van der Waals surface area contributed by atoms with Gasteiger partial charge in [0, 0.05) is 18.7 Å². The maximum atomic E-state index is 11.4. The van der Waals surface area contributed by atoms with Gasteiger partial charge >= 0.3 is 5.97 Å². The topological polar surface area (TPSA) is 59.4 Å². The highest BCUT2D eigenvalue weighted by molar-refractivity contribution is 5.70.